The van der Waals surface area contributed by atoms with E-state index in [9.17, 15) is 9.59 Å². The van der Waals surface area contributed by atoms with Gasteiger partial charge in [0, 0.05) is 32.2 Å². The topological polar surface area (TPSA) is 61.9 Å². The smallest absolute Gasteiger partial charge is 0.410 e. The van der Waals surface area contributed by atoms with Crippen LogP contribution in [0.4, 0.5) is 9.59 Å². The van der Waals surface area contributed by atoms with Crippen LogP contribution in [0.1, 0.15) is 78.6 Å². The molecule has 2 heterocycles. The Balaban J connectivity index is 1.09. The number of urea groups is 1. The zero-order valence-corrected chi connectivity index (χ0v) is 19.7. The van der Waals surface area contributed by atoms with E-state index in [1.807, 2.05) is 25.7 Å². The fourth-order valence-electron chi connectivity index (χ4n) is 7.57. The van der Waals surface area contributed by atoms with E-state index in [1.165, 1.54) is 32.1 Å². The largest absolute Gasteiger partial charge is 0.444 e. The molecule has 6 nitrogen and oxygen atoms in total. The monoisotopic (exact) mass is 431 g/mol. The van der Waals surface area contributed by atoms with Gasteiger partial charge in [-0.15, -0.1) is 0 Å². The van der Waals surface area contributed by atoms with Gasteiger partial charge in [0.1, 0.15) is 5.60 Å². The predicted molar refractivity (Wildman–Crippen MR) is 120 cm³/mol. The van der Waals surface area contributed by atoms with Crippen LogP contribution in [0.15, 0.2) is 0 Å². The van der Waals surface area contributed by atoms with Crippen LogP contribution in [0.3, 0.4) is 0 Å². The Hall–Kier alpha value is -1.46. The van der Waals surface area contributed by atoms with E-state index >= 15 is 0 Å². The van der Waals surface area contributed by atoms with Crippen LogP contribution in [0.2, 0.25) is 0 Å². The molecule has 6 aliphatic rings. The third-order valence-corrected chi connectivity index (χ3v) is 9.10. The summed E-state index contributed by atoms with van der Waals surface area (Å²) in [4.78, 5) is 29.4. The van der Waals surface area contributed by atoms with Crippen molar-refractivity contribution < 1.29 is 14.3 Å². The molecule has 0 aromatic carbocycles. The number of amides is 3. The lowest BCUT2D eigenvalue weighted by atomic mass is 9.54. The first kappa shape index (κ1) is 21.4. The zero-order valence-electron chi connectivity index (χ0n) is 19.7. The number of hydrogen-bond donors (Lipinski definition) is 1. The molecule has 2 saturated heterocycles. The Morgan fingerprint density at radius 1 is 0.806 bits per heavy atom. The number of likely N-dealkylation sites (tertiary alicyclic amines) is 2. The molecule has 0 atom stereocenters. The first-order chi connectivity index (χ1) is 14.7. The van der Waals surface area contributed by atoms with Crippen molar-refractivity contribution in [3.63, 3.8) is 0 Å². The summed E-state index contributed by atoms with van der Waals surface area (Å²) < 4.78 is 5.54. The van der Waals surface area contributed by atoms with E-state index < -0.39 is 5.60 Å². The van der Waals surface area contributed by atoms with Crippen molar-refractivity contribution in [3.05, 3.63) is 0 Å². The Morgan fingerprint density at radius 2 is 1.29 bits per heavy atom. The van der Waals surface area contributed by atoms with Gasteiger partial charge in [0.25, 0.3) is 0 Å². The number of hydrogen-bond acceptors (Lipinski definition) is 3. The van der Waals surface area contributed by atoms with Gasteiger partial charge in [-0.3, -0.25) is 0 Å². The minimum absolute atomic E-state index is 0.179. The van der Waals surface area contributed by atoms with Gasteiger partial charge in [-0.2, -0.15) is 0 Å². The molecule has 1 spiro atoms. The van der Waals surface area contributed by atoms with Gasteiger partial charge in [-0.25, -0.2) is 9.59 Å². The normalized spacial score (nSPS) is 36.5. The molecule has 31 heavy (non-hydrogen) atoms. The molecule has 4 saturated carbocycles. The molecule has 1 N–H and O–H groups in total. The SMILES string of the molecule is CC(C)(C)OC(=O)N1CCC2(CCN(C(=O)NC3C4CC5CC(C4)CC3C5)CC2)CC1. The summed E-state index contributed by atoms with van der Waals surface area (Å²) in [5.41, 5.74) is -0.153. The maximum absolute atomic E-state index is 13.1. The van der Waals surface area contributed by atoms with Crippen molar-refractivity contribution in [3.8, 4) is 0 Å². The fraction of sp³-hybridized carbons (Fsp3) is 0.920. The van der Waals surface area contributed by atoms with Crippen molar-refractivity contribution in [2.75, 3.05) is 26.2 Å². The van der Waals surface area contributed by atoms with Crippen LogP contribution in [-0.2, 0) is 4.74 Å². The average Bonchev–Trinajstić information content (AvgIpc) is 2.70. The van der Waals surface area contributed by atoms with Crippen LogP contribution in [0, 0.1) is 29.1 Å². The van der Waals surface area contributed by atoms with E-state index in [1.54, 1.807) is 0 Å². The highest BCUT2D eigenvalue weighted by molar-refractivity contribution is 5.74. The standard InChI is InChI=1S/C25H41N3O3/c1-24(2,3)31-23(30)28-10-6-25(7-11-28)4-8-27(9-5-25)22(29)26-21-19-13-17-12-18(15-19)16-20(21)14-17/h17-21H,4-16H2,1-3H3,(H,26,29). The molecule has 0 aromatic rings. The number of nitrogens with one attached hydrogen (secondary N) is 1. The summed E-state index contributed by atoms with van der Waals surface area (Å²) >= 11 is 0. The average molecular weight is 432 g/mol. The molecular formula is C25H41N3O3. The Morgan fingerprint density at radius 3 is 1.77 bits per heavy atom. The number of carbonyl (C=O) groups is 2. The second-order valence-corrected chi connectivity index (χ2v) is 12.4. The first-order valence-corrected chi connectivity index (χ1v) is 12.7. The number of nitrogens with zero attached hydrogens (tertiary/aromatic N) is 2. The second kappa shape index (κ2) is 7.84. The number of rotatable bonds is 1. The van der Waals surface area contributed by atoms with Gasteiger partial charge in [0.15, 0.2) is 0 Å². The van der Waals surface area contributed by atoms with E-state index in [0.29, 0.717) is 6.04 Å². The Kier molecular flexibility index (Phi) is 5.41. The van der Waals surface area contributed by atoms with Crippen molar-refractivity contribution in [1.29, 1.82) is 0 Å². The number of carbonyl (C=O) groups excluding carboxylic acids is 2. The molecule has 0 unspecified atom stereocenters. The third kappa shape index (κ3) is 4.41. The summed E-state index contributed by atoms with van der Waals surface area (Å²) in [5.74, 6) is 3.34. The van der Waals surface area contributed by atoms with Gasteiger partial charge in [-0.1, -0.05) is 0 Å². The molecular weight excluding hydrogens is 390 g/mol. The third-order valence-electron chi connectivity index (χ3n) is 9.10. The van der Waals surface area contributed by atoms with Crippen LogP contribution in [0.25, 0.3) is 0 Å². The second-order valence-electron chi connectivity index (χ2n) is 12.4. The van der Waals surface area contributed by atoms with Crippen LogP contribution < -0.4 is 5.32 Å². The molecule has 0 radical (unpaired) electrons. The van der Waals surface area contributed by atoms with Crippen molar-refractivity contribution in [1.82, 2.24) is 15.1 Å². The molecule has 4 aliphatic carbocycles. The van der Waals surface area contributed by atoms with Crippen molar-refractivity contribution in [2.24, 2.45) is 29.1 Å². The molecule has 6 fully saturated rings. The number of ether oxygens (including phenoxy) is 1. The van der Waals surface area contributed by atoms with Crippen molar-refractivity contribution in [2.45, 2.75) is 90.2 Å². The molecule has 3 amide bonds. The minimum Gasteiger partial charge on any atom is -0.444 e. The Bertz CT molecular complexity index is 669. The van der Waals surface area contributed by atoms with Gasteiger partial charge >= 0.3 is 12.1 Å². The van der Waals surface area contributed by atoms with E-state index in [-0.39, 0.29) is 17.5 Å². The molecule has 6 rings (SSSR count). The van der Waals surface area contributed by atoms with Gasteiger partial charge < -0.3 is 19.9 Å². The summed E-state index contributed by atoms with van der Waals surface area (Å²) in [6.45, 7) is 9.00. The summed E-state index contributed by atoms with van der Waals surface area (Å²) in [6, 6.07) is 0.603. The highest BCUT2D eigenvalue weighted by Crippen LogP contribution is 2.53. The van der Waals surface area contributed by atoms with Crippen LogP contribution in [0.5, 0.6) is 0 Å². The highest BCUT2D eigenvalue weighted by atomic mass is 16.6. The quantitative estimate of drug-likeness (QED) is 0.658. The van der Waals surface area contributed by atoms with Gasteiger partial charge in [-0.05, 0) is 108 Å². The van der Waals surface area contributed by atoms with E-state index in [4.69, 9.17) is 4.74 Å². The maximum atomic E-state index is 13.1. The predicted octanol–water partition coefficient (Wildman–Crippen LogP) is 4.63. The lowest BCUT2D eigenvalue weighted by Crippen LogP contribution is -2.59. The lowest BCUT2D eigenvalue weighted by molar-refractivity contribution is -0.0139. The summed E-state index contributed by atoms with van der Waals surface area (Å²) in [7, 11) is 0. The van der Waals surface area contributed by atoms with Crippen molar-refractivity contribution >= 4 is 12.1 Å². The fourth-order valence-corrected chi connectivity index (χ4v) is 7.57. The van der Waals surface area contributed by atoms with E-state index in [2.05, 4.69) is 10.2 Å². The van der Waals surface area contributed by atoms with Crippen LogP contribution >= 0.6 is 0 Å². The van der Waals surface area contributed by atoms with E-state index in [0.717, 1.165) is 75.5 Å². The minimum atomic E-state index is -0.442. The van der Waals surface area contributed by atoms with Gasteiger partial charge in [0.2, 0.25) is 0 Å². The van der Waals surface area contributed by atoms with Gasteiger partial charge in [0.05, 0.1) is 0 Å². The first-order valence-electron chi connectivity index (χ1n) is 12.7. The molecule has 174 valence electrons. The number of piperidine rings is 2. The van der Waals surface area contributed by atoms with Crippen LogP contribution in [-0.4, -0.2) is 59.7 Å². The maximum Gasteiger partial charge on any atom is 0.410 e. The Labute approximate surface area is 187 Å². The molecule has 6 heteroatoms. The summed E-state index contributed by atoms with van der Waals surface area (Å²) in [6.07, 6.45) is 10.8. The summed E-state index contributed by atoms with van der Waals surface area (Å²) in [5, 5.41) is 3.48. The molecule has 0 aromatic heterocycles. The zero-order chi connectivity index (χ0) is 21.8. The molecule has 2 aliphatic heterocycles. The highest BCUT2D eigenvalue weighted by Gasteiger charge is 2.49. The molecule has 4 bridgehead atoms. The lowest BCUT2D eigenvalue weighted by Gasteiger charge is -2.54.